The Morgan fingerprint density at radius 1 is 1.06 bits per heavy atom. The predicted molar refractivity (Wildman–Crippen MR) is 140 cm³/mol. The molecule has 2 heterocycles. The molecule has 1 aromatic carbocycles. The van der Waals surface area contributed by atoms with Gasteiger partial charge in [0, 0.05) is 17.9 Å². The molecule has 1 aliphatic rings. The minimum Gasteiger partial charge on any atom is -0.480 e. The van der Waals surface area contributed by atoms with Crippen molar-refractivity contribution < 1.29 is 17.6 Å². The van der Waals surface area contributed by atoms with Gasteiger partial charge in [-0.15, -0.1) is 0 Å². The van der Waals surface area contributed by atoms with Gasteiger partial charge >= 0.3 is 0 Å². The first-order valence-electron chi connectivity index (χ1n) is 12.0. The molecule has 1 saturated carbocycles. The van der Waals surface area contributed by atoms with Gasteiger partial charge in [0.1, 0.15) is 5.69 Å². The molecule has 2 N–H and O–H groups in total. The van der Waals surface area contributed by atoms with E-state index in [1.54, 1.807) is 25.4 Å². The summed E-state index contributed by atoms with van der Waals surface area (Å²) in [6, 6.07) is 8.65. The highest BCUT2D eigenvalue weighted by Crippen LogP contribution is 2.42. The number of benzene rings is 1. The van der Waals surface area contributed by atoms with Crippen LogP contribution in [0.4, 0.5) is 0 Å². The lowest BCUT2D eigenvalue weighted by atomic mass is 9.93. The molecular weight excluding hydrogens is 480 g/mol. The van der Waals surface area contributed by atoms with Gasteiger partial charge in [-0.3, -0.25) is 4.68 Å². The summed E-state index contributed by atoms with van der Waals surface area (Å²) in [5.74, 6) is 0.495. The Morgan fingerprint density at radius 2 is 1.69 bits per heavy atom. The Kier molecular flexibility index (Phi) is 6.86. The molecule has 8 nitrogen and oxygen atoms in total. The van der Waals surface area contributed by atoms with Gasteiger partial charge in [-0.05, 0) is 62.0 Å². The number of nitrogens with zero attached hydrogens (tertiary/aromatic N) is 3. The molecule has 2 aromatic heterocycles. The number of hydrogen-bond acceptors (Lipinski definition) is 6. The largest absolute Gasteiger partial charge is 0.480 e. The van der Waals surface area contributed by atoms with Crippen LogP contribution < -0.4 is 9.88 Å². The van der Waals surface area contributed by atoms with Gasteiger partial charge in [0.2, 0.25) is 15.9 Å². The highest BCUT2D eigenvalue weighted by molar-refractivity contribution is 7.89. The van der Waals surface area contributed by atoms with Crippen molar-refractivity contribution in [3.63, 3.8) is 0 Å². The number of ether oxygens (including phenoxy) is 1. The van der Waals surface area contributed by atoms with Crippen LogP contribution >= 0.6 is 0 Å². The Labute approximate surface area is 209 Å². The second kappa shape index (κ2) is 9.31. The Hall–Kier alpha value is -2.27. The molecule has 190 valence electrons. The van der Waals surface area contributed by atoms with Gasteiger partial charge in [0.05, 0.1) is 29.0 Å². The first-order chi connectivity index (χ1) is 16.3. The molecule has 0 unspecified atom stereocenters. The number of nitrogens with two attached hydrogens (primary N) is 1. The van der Waals surface area contributed by atoms with Crippen molar-refractivity contribution in [1.82, 2.24) is 14.8 Å². The zero-order valence-corrected chi connectivity index (χ0v) is 23.2. The number of pyridine rings is 1. The Bertz CT molecular complexity index is 1310. The molecule has 0 aliphatic heterocycles. The molecule has 1 fully saturated rings. The first kappa shape index (κ1) is 25.8. The molecule has 0 bridgehead atoms. The van der Waals surface area contributed by atoms with Crippen LogP contribution in [0.25, 0.3) is 22.2 Å². The van der Waals surface area contributed by atoms with E-state index in [2.05, 4.69) is 43.5 Å². The van der Waals surface area contributed by atoms with E-state index in [0.717, 1.165) is 42.1 Å². The van der Waals surface area contributed by atoms with Crippen LogP contribution in [0.5, 0.6) is 5.88 Å². The average Bonchev–Trinajstić information content (AvgIpc) is 3.18. The van der Waals surface area contributed by atoms with Gasteiger partial charge < -0.3 is 9.16 Å². The third-order valence-electron chi connectivity index (χ3n) is 7.49. The molecule has 4 rings (SSSR count). The zero-order chi connectivity index (χ0) is 25.6. The van der Waals surface area contributed by atoms with Crippen molar-refractivity contribution in [1.29, 1.82) is 0 Å². The van der Waals surface area contributed by atoms with Crippen molar-refractivity contribution in [2.24, 2.45) is 5.14 Å². The summed E-state index contributed by atoms with van der Waals surface area (Å²) in [6.07, 6.45) is 5.97. The van der Waals surface area contributed by atoms with Crippen LogP contribution in [-0.4, -0.2) is 44.7 Å². The summed E-state index contributed by atoms with van der Waals surface area (Å²) in [7, 11) is -3.98. The van der Waals surface area contributed by atoms with Crippen molar-refractivity contribution in [3.05, 3.63) is 36.5 Å². The second-order valence-electron chi connectivity index (χ2n) is 10.9. The van der Waals surface area contributed by atoms with Gasteiger partial charge in [-0.25, -0.2) is 18.5 Å². The fourth-order valence-electron chi connectivity index (χ4n) is 4.50. The average molecular weight is 517 g/mol. The molecule has 3 aromatic rings. The maximum atomic E-state index is 11.7. The summed E-state index contributed by atoms with van der Waals surface area (Å²) in [4.78, 5) is 4.46. The SMILES string of the molecule is COc1nccc2c1c(-c1ccc(S(N)(=O)=O)cc1)nn2C1CCC(O[Si](C)(C)C(C)(C)C)CC1. The monoisotopic (exact) mass is 516 g/mol. The molecule has 1 aliphatic carbocycles. The number of methoxy groups -OCH3 is 1. The van der Waals surface area contributed by atoms with Crippen LogP contribution in [0, 0.1) is 0 Å². The maximum absolute atomic E-state index is 11.7. The highest BCUT2D eigenvalue weighted by Gasteiger charge is 2.40. The molecule has 0 atom stereocenters. The summed E-state index contributed by atoms with van der Waals surface area (Å²) in [6.45, 7) is 11.5. The minimum atomic E-state index is -3.77. The van der Waals surface area contributed by atoms with Crippen LogP contribution in [0.1, 0.15) is 52.5 Å². The van der Waals surface area contributed by atoms with Crippen molar-refractivity contribution in [2.75, 3.05) is 7.11 Å². The highest BCUT2D eigenvalue weighted by atomic mass is 32.2. The van der Waals surface area contributed by atoms with Gasteiger partial charge in [-0.1, -0.05) is 32.9 Å². The number of rotatable bonds is 6. The number of primary sulfonamides is 1. The molecule has 10 heteroatoms. The summed E-state index contributed by atoms with van der Waals surface area (Å²) in [5.41, 5.74) is 2.45. The lowest BCUT2D eigenvalue weighted by Gasteiger charge is -2.41. The van der Waals surface area contributed by atoms with Crippen molar-refractivity contribution in [3.8, 4) is 17.1 Å². The standard InChI is InChI=1S/C25H36N4O4SSi/c1-25(2,3)35(5,6)33-19-11-9-18(10-12-19)29-21-15-16-27-24(32-4)22(21)23(28-29)17-7-13-20(14-8-17)34(26,30)31/h7-8,13-16,18-19H,9-12H2,1-6H3,(H2,26,30,31). The lowest BCUT2D eigenvalue weighted by molar-refractivity contribution is 0.116. The summed E-state index contributed by atoms with van der Waals surface area (Å²) >= 11 is 0. The zero-order valence-electron chi connectivity index (χ0n) is 21.4. The quantitative estimate of drug-likeness (QED) is 0.448. The number of aromatic nitrogens is 3. The van der Waals surface area contributed by atoms with E-state index in [1.807, 2.05) is 6.07 Å². The number of fused-ring (bicyclic) bond motifs is 1. The third kappa shape index (κ3) is 5.16. The van der Waals surface area contributed by atoms with E-state index in [1.165, 1.54) is 12.1 Å². The Balaban J connectivity index is 1.65. The molecule has 0 saturated heterocycles. The fourth-order valence-corrected chi connectivity index (χ4v) is 6.43. The molecular formula is C25H36N4O4SSi. The van der Waals surface area contributed by atoms with E-state index in [0.29, 0.717) is 11.6 Å². The van der Waals surface area contributed by atoms with E-state index in [4.69, 9.17) is 19.4 Å². The smallest absolute Gasteiger partial charge is 0.238 e. The first-order valence-corrected chi connectivity index (χ1v) is 16.5. The molecule has 0 radical (unpaired) electrons. The van der Waals surface area contributed by atoms with Crippen molar-refractivity contribution >= 4 is 29.2 Å². The topological polar surface area (TPSA) is 109 Å². The Morgan fingerprint density at radius 3 is 2.23 bits per heavy atom. The van der Waals surface area contributed by atoms with Gasteiger partial charge in [0.15, 0.2) is 8.32 Å². The van der Waals surface area contributed by atoms with Crippen LogP contribution in [0.3, 0.4) is 0 Å². The maximum Gasteiger partial charge on any atom is 0.238 e. The number of hydrogen-bond donors (Lipinski definition) is 1. The third-order valence-corrected chi connectivity index (χ3v) is 13.0. The van der Waals surface area contributed by atoms with E-state index < -0.39 is 18.3 Å². The summed E-state index contributed by atoms with van der Waals surface area (Å²) < 4.78 is 37.7. The van der Waals surface area contributed by atoms with Crippen molar-refractivity contribution in [2.45, 2.75) is 81.6 Å². The van der Waals surface area contributed by atoms with Gasteiger partial charge in [0.25, 0.3) is 0 Å². The molecule has 0 spiro atoms. The normalized spacial score (nSPS) is 19.7. The van der Waals surface area contributed by atoms with E-state index in [-0.39, 0.29) is 22.1 Å². The predicted octanol–water partition coefficient (Wildman–Crippen LogP) is 5.26. The lowest BCUT2D eigenvalue weighted by Crippen LogP contribution is -2.44. The van der Waals surface area contributed by atoms with E-state index >= 15 is 0 Å². The molecule has 0 amide bonds. The fraction of sp³-hybridized carbons (Fsp3) is 0.520. The minimum absolute atomic E-state index is 0.0649. The van der Waals surface area contributed by atoms with Crippen LogP contribution in [0.2, 0.25) is 18.1 Å². The van der Waals surface area contributed by atoms with Crippen LogP contribution in [-0.2, 0) is 14.4 Å². The summed E-state index contributed by atoms with van der Waals surface area (Å²) in [5, 5.41) is 11.3. The number of sulfonamides is 1. The second-order valence-corrected chi connectivity index (χ2v) is 17.2. The molecule has 35 heavy (non-hydrogen) atoms. The van der Waals surface area contributed by atoms with Crippen LogP contribution in [0.15, 0.2) is 41.4 Å². The van der Waals surface area contributed by atoms with E-state index in [9.17, 15) is 8.42 Å². The van der Waals surface area contributed by atoms with Gasteiger partial charge in [-0.2, -0.15) is 5.10 Å².